The minimum absolute atomic E-state index is 0.795. The molecule has 0 radical (unpaired) electrons. The van der Waals surface area contributed by atoms with E-state index >= 15 is 0 Å². The quantitative estimate of drug-likeness (QED) is 0.555. The lowest BCUT2D eigenvalue weighted by molar-refractivity contribution is 0.0380. The Morgan fingerprint density at radius 2 is 1.79 bits per heavy atom. The fourth-order valence-electron chi connectivity index (χ4n) is 2.68. The Kier molecular flexibility index (Phi) is 3.56. The van der Waals surface area contributed by atoms with Crippen molar-refractivity contribution in [3.8, 4) is 0 Å². The van der Waals surface area contributed by atoms with Gasteiger partial charge in [-0.05, 0) is 44.2 Å². The second-order valence-corrected chi connectivity index (χ2v) is 5.17. The second-order valence-electron chi connectivity index (χ2n) is 4.81. The zero-order valence-corrected chi connectivity index (χ0v) is 9.81. The Morgan fingerprint density at radius 3 is 2.29 bits per heavy atom. The molecule has 2 heteroatoms. The molecule has 1 aliphatic heterocycles. The van der Waals surface area contributed by atoms with Crippen molar-refractivity contribution in [3.05, 3.63) is 12.2 Å². The molecule has 0 aromatic heterocycles. The van der Waals surface area contributed by atoms with Crippen molar-refractivity contribution in [2.45, 2.75) is 32.1 Å². The van der Waals surface area contributed by atoms with E-state index in [1.165, 1.54) is 45.2 Å². The van der Waals surface area contributed by atoms with Gasteiger partial charge < -0.3 is 0 Å². The number of rotatable bonds is 3. The number of nitrogens with zero attached hydrogens (tertiary/aromatic N) is 1. The molecule has 1 aliphatic carbocycles. The average molecular weight is 211 g/mol. The van der Waals surface area contributed by atoms with Crippen LogP contribution in [0.15, 0.2) is 12.2 Å². The zero-order chi connectivity index (χ0) is 9.86. The number of piperidine rings is 1. The molecule has 2 rings (SSSR count). The first kappa shape index (κ1) is 10.6. The van der Waals surface area contributed by atoms with Crippen LogP contribution in [0.5, 0.6) is 0 Å². The van der Waals surface area contributed by atoms with Crippen molar-refractivity contribution in [1.29, 1.82) is 0 Å². The third-order valence-electron chi connectivity index (χ3n) is 3.97. The van der Waals surface area contributed by atoms with E-state index < -0.39 is 0 Å². The van der Waals surface area contributed by atoms with Gasteiger partial charge >= 0.3 is 0 Å². The molecule has 1 spiro atoms. The molecule has 80 valence electrons. The molecule has 0 unspecified atom stereocenters. The lowest BCUT2D eigenvalue weighted by Gasteiger charge is -2.47. The van der Waals surface area contributed by atoms with Gasteiger partial charge in [-0.2, -0.15) is 12.6 Å². The number of likely N-dealkylation sites (tertiary alicyclic amines) is 1. The lowest BCUT2D eigenvalue weighted by Crippen LogP contribution is -2.43. The van der Waals surface area contributed by atoms with Gasteiger partial charge in [-0.25, -0.2) is 0 Å². The largest absolute Gasteiger partial charge is 0.300 e. The average Bonchev–Trinajstić information content (AvgIpc) is 2.17. The first-order chi connectivity index (χ1) is 6.85. The molecule has 14 heavy (non-hydrogen) atoms. The predicted molar refractivity (Wildman–Crippen MR) is 65.0 cm³/mol. The minimum Gasteiger partial charge on any atom is -0.300 e. The minimum atomic E-state index is 0.795. The zero-order valence-electron chi connectivity index (χ0n) is 8.91. The molecule has 0 amide bonds. The molecular weight excluding hydrogens is 190 g/mol. The highest BCUT2D eigenvalue weighted by atomic mass is 32.1. The summed E-state index contributed by atoms with van der Waals surface area (Å²) in [5.41, 5.74) is 0.795. The summed E-state index contributed by atoms with van der Waals surface area (Å²) in [5, 5.41) is 0. The summed E-state index contributed by atoms with van der Waals surface area (Å²) in [7, 11) is 0. The van der Waals surface area contributed by atoms with Crippen LogP contribution in [0, 0.1) is 5.41 Å². The Labute approximate surface area is 93.0 Å². The summed E-state index contributed by atoms with van der Waals surface area (Å²) in [4.78, 5) is 2.57. The van der Waals surface area contributed by atoms with Crippen LogP contribution in [0.25, 0.3) is 0 Å². The van der Waals surface area contributed by atoms with E-state index in [4.69, 9.17) is 0 Å². The molecule has 0 aromatic carbocycles. The Hall–Kier alpha value is 0.0500. The molecule has 0 N–H and O–H groups in total. The summed E-state index contributed by atoms with van der Waals surface area (Å²) in [6.07, 6.45) is 11.8. The topological polar surface area (TPSA) is 3.24 Å². The van der Waals surface area contributed by atoms with E-state index in [2.05, 4.69) is 29.7 Å². The van der Waals surface area contributed by atoms with Gasteiger partial charge in [0.05, 0.1) is 0 Å². The normalized spacial score (nSPS) is 26.9. The van der Waals surface area contributed by atoms with Crippen LogP contribution < -0.4 is 0 Å². The van der Waals surface area contributed by atoms with E-state index in [1.807, 2.05) is 0 Å². The standard InChI is InChI=1S/C12H21NS/c14-11-2-1-8-13-9-6-12(7-10-13)4-3-5-12/h1-2,14H,3-11H2/b2-1+. The van der Waals surface area contributed by atoms with Crippen LogP contribution in [0.4, 0.5) is 0 Å². The molecule has 0 atom stereocenters. The van der Waals surface area contributed by atoms with Crippen LogP contribution in [0.2, 0.25) is 0 Å². The number of hydrogen-bond acceptors (Lipinski definition) is 2. The van der Waals surface area contributed by atoms with Gasteiger partial charge in [0.1, 0.15) is 0 Å². The van der Waals surface area contributed by atoms with Crippen LogP contribution in [0.3, 0.4) is 0 Å². The molecule has 0 bridgehead atoms. The number of thiol groups is 1. The molecule has 1 saturated carbocycles. The second kappa shape index (κ2) is 4.71. The van der Waals surface area contributed by atoms with Gasteiger partial charge in [-0.15, -0.1) is 0 Å². The maximum Gasteiger partial charge on any atom is 0.0163 e. The van der Waals surface area contributed by atoms with E-state index in [1.54, 1.807) is 0 Å². The van der Waals surface area contributed by atoms with Crippen LogP contribution in [-0.2, 0) is 0 Å². The molecule has 0 aromatic rings. The Morgan fingerprint density at radius 1 is 1.07 bits per heavy atom. The monoisotopic (exact) mass is 211 g/mol. The summed E-state index contributed by atoms with van der Waals surface area (Å²) >= 11 is 4.16. The summed E-state index contributed by atoms with van der Waals surface area (Å²) in [6.45, 7) is 3.77. The van der Waals surface area contributed by atoms with Crippen LogP contribution >= 0.6 is 12.6 Å². The van der Waals surface area contributed by atoms with Crippen molar-refractivity contribution in [1.82, 2.24) is 4.90 Å². The third-order valence-corrected chi connectivity index (χ3v) is 4.18. The van der Waals surface area contributed by atoms with Gasteiger partial charge in [-0.3, -0.25) is 4.90 Å². The van der Waals surface area contributed by atoms with E-state index in [-0.39, 0.29) is 0 Å². The number of hydrogen-bond donors (Lipinski definition) is 1. The van der Waals surface area contributed by atoms with Gasteiger partial charge in [-0.1, -0.05) is 18.6 Å². The Balaban J connectivity index is 1.70. The predicted octanol–water partition coefficient (Wildman–Crippen LogP) is 2.74. The summed E-state index contributed by atoms with van der Waals surface area (Å²) < 4.78 is 0. The van der Waals surface area contributed by atoms with Gasteiger partial charge in [0, 0.05) is 12.3 Å². The molecule has 1 saturated heterocycles. The smallest absolute Gasteiger partial charge is 0.0163 e. The van der Waals surface area contributed by atoms with Gasteiger partial charge in [0.2, 0.25) is 0 Å². The highest BCUT2D eigenvalue weighted by Crippen LogP contribution is 2.48. The highest BCUT2D eigenvalue weighted by Gasteiger charge is 2.38. The van der Waals surface area contributed by atoms with Crippen molar-refractivity contribution in [2.24, 2.45) is 5.41 Å². The van der Waals surface area contributed by atoms with Gasteiger partial charge in [0.25, 0.3) is 0 Å². The maximum absolute atomic E-state index is 4.16. The summed E-state index contributed by atoms with van der Waals surface area (Å²) in [5.74, 6) is 0.873. The Bertz CT molecular complexity index is 198. The molecular formula is C12H21NS. The molecule has 2 fully saturated rings. The molecule has 2 aliphatic rings. The highest BCUT2D eigenvalue weighted by molar-refractivity contribution is 7.80. The van der Waals surface area contributed by atoms with Crippen molar-refractivity contribution >= 4 is 12.6 Å². The molecule has 1 nitrogen and oxygen atoms in total. The van der Waals surface area contributed by atoms with Crippen molar-refractivity contribution in [2.75, 3.05) is 25.4 Å². The van der Waals surface area contributed by atoms with Crippen LogP contribution in [-0.4, -0.2) is 30.3 Å². The van der Waals surface area contributed by atoms with E-state index in [0.717, 1.165) is 17.7 Å². The molecule has 1 heterocycles. The van der Waals surface area contributed by atoms with E-state index in [0.29, 0.717) is 0 Å². The fourth-order valence-corrected chi connectivity index (χ4v) is 2.83. The fraction of sp³-hybridized carbons (Fsp3) is 0.833. The van der Waals surface area contributed by atoms with Gasteiger partial charge in [0.15, 0.2) is 0 Å². The lowest BCUT2D eigenvalue weighted by atomic mass is 9.63. The maximum atomic E-state index is 4.16. The first-order valence-corrected chi connectivity index (χ1v) is 6.46. The van der Waals surface area contributed by atoms with Crippen molar-refractivity contribution in [3.63, 3.8) is 0 Å². The summed E-state index contributed by atoms with van der Waals surface area (Å²) in [6, 6.07) is 0. The van der Waals surface area contributed by atoms with Crippen molar-refractivity contribution < 1.29 is 0 Å². The van der Waals surface area contributed by atoms with Crippen LogP contribution in [0.1, 0.15) is 32.1 Å². The van der Waals surface area contributed by atoms with E-state index in [9.17, 15) is 0 Å². The SMILES string of the molecule is SC/C=C/CN1CCC2(CCC2)CC1. The first-order valence-electron chi connectivity index (χ1n) is 5.83. The third kappa shape index (κ3) is 2.34.